The van der Waals surface area contributed by atoms with Crippen LogP contribution in [0.3, 0.4) is 0 Å². The predicted octanol–water partition coefficient (Wildman–Crippen LogP) is -13.5. The number of nitrogens with one attached hydrogen (secondary N) is 1. The van der Waals surface area contributed by atoms with Crippen molar-refractivity contribution in [2.24, 2.45) is 0 Å². The summed E-state index contributed by atoms with van der Waals surface area (Å²) in [5.74, 6) is -2.09. The summed E-state index contributed by atoms with van der Waals surface area (Å²) in [6, 6.07) is 5.95. The van der Waals surface area contributed by atoms with Gasteiger partial charge in [0.1, 0.15) is 103 Å². The van der Waals surface area contributed by atoms with E-state index in [4.69, 9.17) is 47.4 Å². The van der Waals surface area contributed by atoms with Crippen LogP contribution in [0, 0.1) is 0 Å². The summed E-state index contributed by atoms with van der Waals surface area (Å²) in [6.07, 6.45) is -96.7. The van der Waals surface area contributed by atoms with Crippen LogP contribution in [0.4, 0.5) is 0 Å². The zero-order chi connectivity index (χ0) is 99.5. The highest BCUT2D eigenvalue weighted by molar-refractivity contribution is 7.84. The Morgan fingerprint density at radius 3 is 0.646 bits per heavy atom. The quantitative estimate of drug-likeness (QED) is 0.0269. The fourth-order valence-electron chi connectivity index (χ4n) is 11.3. The number of benzene rings is 1. The Labute approximate surface area is 728 Å². The van der Waals surface area contributed by atoms with Gasteiger partial charge in [-0.05, 0) is 12.1 Å². The van der Waals surface area contributed by atoms with Crippen LogP contribution in [-0.2, 0) is 281 Å². The molecule has 1 amide bonds. The van der Waals surface area contributed by atoms with Gasteiger partial charge in [0.15, 0.2) is 62.4 Å². The minimum atomic E-state index is -7.15. The molecule has 0 spiro atoms. The van der Waals surface area contributed by atoms with E-state index in [9.17, 15) is 212 Å². The maximum atomic E-state index is 13.9. The molecule has 5 saturated heterocycles. The van der Waals surface area contributed by atoms with Crippen LogP contribution in [0.15, 0.2) is 30.3 Å². The molecule has 0 aromatic heterocycles. The number of rotatable bonds is 49. The zero-order valence-electron chi connectivity index (χ0n) is 60.8. The molecule has 0 aliphatic carbocycles. The molecule has 25 atom stereocenters. The molecule has 0 radical (unpaired) electrons. The summed E-state index contributed by atoms with van der Waals surface area (Å²) in [4.78, 5) is 13.9. The lowest BCUT2D eigenvalue weighted by Gasteiger charge is -2.51. The van der Waals surface area contributed by atoms with Crippen LogP contribution in [-0.4, -0.2) is 407 Å². The normalized spacial score (nSPS) is 31.6. The zero-order valence-corrected chi connectivity index (χ0v) is 73.9. The molecule has 92 heteroatoms. The van der Waals surface area contributed by atoms with E-state index in [0.29, 0.717) is 0 Å². The first-order valence-corrected chi connectivity index (χ1v) is 53.3. The maximum Gasteiger partial charge on any atom is 0.397 e. The Morgan fingerprint density at radius 2 is 0.423 bits per heavy atom. The lowest BCUT2D eigenvalue weighted by Crippen LogP contribution is -2.71. The largest absolute Gasteiger partial charge is 0.484 e. The molecule has 0 bridgehead atoms. The molecule has 6 rings (SSSR count). The number of amides is 1. The second kappa shape index (κ2) is 43.2. The van der Waals surface area contributed by atoms with E-state index in [1.54, 1.807) is 5.32 Å². The van der Waals surface area contributed by atoms with Gasteiger partial charge in [0.2, 0.25) is 0 Å². The molecule has 130 heavy (non-hydrogen) atoms. The van der Waals surface area contributed by atoms with E-state index in [2.05, 4.69) is 66.9 Å². The van der Waals surface area contributed by atoms with E-state index in [0.717, 1.165) is 12.1 Å². The molecule has 0 unspecified atom stereocenters. The fraction of sp³-hybridized carbons (Fsp3) is 0.816. The van der Waals surface area contributed by atoms with Crippen molar-refractivity contribution < 1.29 is 327 Å². The standard InChI is InChI=1S/C38H59NO75S16/c40-18(11-89-12-4-2-1-3-5-12)39-34-29(27(109-125(71,72)73)22(107-123(65,66)67)13(95-34)6-90-115(41,42)43)103-37-32(113-129(83,84)85)26(21(106-122(62,63)64)16(98-37)9-93-118(50,51)52)101-35-30(111-127(77,78)79)24(19(104-120(56,57)58)14(96-35)7-91-116(44,45)46)100-36-31(112-128(80,81)82)25(20(105-121(59,60)61)15(97-36)8-92-117(47,48)49)102-38-33(114-130(86,87)88)28(110-126(74,75)76)23(108-124(68,69)70)17(99-38)10-94-119(53,54)55/h1-5,13-17,19-38H,6-11H2,(H,39,40)(H,41,42,43)(H,44,45,46)(H,47,48,49)(H,50,51,52)(H,53,54,55)(H,56,57,58)(H,59,60,61)(H,62,63,64)(H,65,66,67)(H,68,69,70)(H,71,72,73)(H,74,75,76)(H,77,78,79)(H,80,81,82)(H,83,84,85)(H,86,87,88)/t13-,14-,15-,16-,17-,19-,20-,21-,22-,23-,24+,25+,26+,27+,28+,29+,30+,31+,32+,33+,34+,35-,36-,37-,38-/m1/s1. The summed E-state index contributed by atoms with van der Waals surface area (Å²) < 4.78 is 688. The van der Waals surface area contributed by atoms with Gasteiger partial charge in [0.25, 0.3) is 5.91 Å². The summed E-state index contributed by atoms with van der Waals surface area (Å²) in [6.45, 7) is -13.6. The van der Waals surface area contributed by atoms with Gasteiger partial charge in [-0.15, -0.1) is 0 Å². The molecule has 762 valence electrons. The number of hydrogen-bond donors (Lipinski definition) is 17. The molecule has 5 aliphatic heterocycles. The van der Waals surface area contributed by atoms with Crippen LogP contribution >= 0.6 is 0 Å². The average Bonchev–Trinajstić information content (AvgIpc) is 0.731. The van der Waals surface area contributed by atoms with Crippen molar-refractivity contribution in [1.82, 2.24) is 5.32 Å². The van der Waals surface area contributed by atoms with Gasteiger partial charge in [-0.3, -0.25) is 77.6 Å². The molecule has 1 aromatic rings. The number of carbonyl (C=O) groups is 1. The van der Waals surface area contributed by atoms with Crippen molar-refractivity contribution in [2.45, 2.75) is 153 Å². The molecular formula is C38H59NO75S16. The highest BCUT2D eigenvalue weighted by Gasteiger charge is 2.65. The number of hydrogen-bond acceptors (Lipinski definition) is 59. The molecule has 76 nitrogen and oxygen atoms in total. The highest BCUT2D eigenvalue weighted by Crippen LogP contribution is 2.44. The van der Waals surface area contributed by atoms with E-state index < -0.39 is 365 Å². The van der Waals surface area contributed by atoms with Gasteiger partial charge in [0, 0.05) is 0 Å². The maximum absolute atomic E-state index is 13.9. The first-order chi connectivity index (χ1) is 58.2. The highest BCUT2D eigenvalue weighted by atomic mass is 32.3. The second-order valence-corrected chi connectivity index (χ2v) is 41.3. The Morgan fingerprint density at radius 1 is 0.238 bits per heavy atom. The molecule has 17 N–H and O–H groups in total. The summed E-state index contributed by atoms with van der Waals surface area (Å²) in [7, 11) is -106. The Kier molecular flexibility index (Phi) is 38.1. The molecule has 5 heterocycles. The summed E-state index contributed by atoms with van der Waals surface area (Å²) in [5, 5.41) is 1.66. The molecule has 1 aromatic carbocycles. The third-order valence-electron chi connectivity index (χ3n) is 15.0. The van der Waals surface area contributed by atoms with E-state index in [-0.39, 0.29) is 5.75 Å². The number of ether oxygens (including phenoxy) is 10. The number of carbonyl (C=O) groups excluding carboxylic acids is 1. The Bertz CT molecular complexity index is 6100. The summed E-state index contributed by atoms with van der Waals surface area (Å²) >= 11 is 0. The third-order valence-corrected chi connectivity index (χ3v) is 22.3. The molecule has 5 aliphatic rings. The second-order valence-electron chi connectivity index (χ2n) is 24.3. The van der Waals surface area contributed by atoms with Gasteiger partial charge in [0.05, 0.1) is 33.0 Å². The molecule has 5 fully saturated rings. The average molecular weight is 2240 g/mol. The SMILES string of the molecule is O=C(COc1ccccc1)N[C@H]1O[C@H](COS(=O)(=O)O)[C@@H](OS(=O)(=O)O)[C@H](OS(=O)(=O)O)[C@@H]1O[C@H]1O[C@H](COS(=O)(=O)O)[C@@H](OS(=O)(=O)O)[C@H](O[C@H]2O[C@H](COS(=O)(=O)O)[C@@H](OS(=O)(=O)O)[C@H](O[C@H]3O[C@H](COS(=O)(=O)O)[C@@H](OS(=O)(=O)O)[C@H](O[C@H]4O[C@H](COS(=O)(=O)O)[C@@H](OS(=O)(=O)O)[C@H](OS(=O)(=O)O)[C@@H]4OS(=O)(=O)O)[C@@H]3OS(=O)(=O)O)[C@@H]2OS(=O)(=O)O)[C@@H]1OS(=O)(=O)O. The first kappa shape index (κ1) is 115. The van der Waals surface area contributed by atoms with Crippen molar-refractivity contribution >= 4 is 172 Å². The number of para-hydroxylation sites is 1. The lowest BCUT2D eigenvalue weighted by atomic mass is 9.95. The van der Waals surface area contributed by atoms with Crippen LogP contribution in [0.5, 0.6) is 5.75 Å². The Hall–Kier alpha value is -3.95. The van der Waals surface area contributed by atoms with Gasteiger partial charge < -0.3 is 52.7 Å². The van der Waals surface area contributed by atoms with Gasteiger partial charge in [-0.25, -0.2) is 66.9 Å². The third kappa shape index (κ3) is 41.0. The van der Waals surface area contributed by atoms with Crippen molar-refractivity contribution in [3.63, 3.8) is 0 Å². The topological polar surface area (TPSA) is 1140 Å². The monoisotopic (exact) mass is 2240 g/mol. The van der Waals surface area contributed by atoms with Crippen molar-refractivity contribution in [3.8, 4) is 5.75 Å². The van der Waals surface area contributed by atoms with Crippen LogP contribution in [0.1, 0.15) is 0 Å². The lowest BCUT2D eigenvalue weighted by molar-refractivity contribution is -0.383. The minimum Gasteiger partial charge on any atom is -0.484 e. The fourth-order valence-corrected chi connectivity index (χ4v) is 18.3. The van der Waals surface area contributed by atoms with E-state index in [1.807, 2.05) is 0 Å². The van der Waals surface area contributed by atoms with Crippen LogP contribution in [0.2, 0.25) is 0 Å². The molecule has 0 saturated carbocycles. The predicted molar refractivity (Wildman–Crippen MR) is 371 cm³/mol. The van der Waals surface area contributed by atoms with Gasteiger partial charge in [-0.1, -0.05) is 18.2 Å². The smallest absolute Gasteiger partial charge is 0.397 e. The van der Waals surface area contributed by atoms with Crippen molar-refractivity contribution in [3.05, 3.63) is 30.3 Å². The van der Waals surface area contributed by atoms with Crippen molar-refractivity contribution in [1.29, 1.82) is 0 Å². The van der Waals surface area contributed by atoms with Crippen LogP contribution in [0.25, 0.3) is 0 Å². The first-order valence-electron chi connectivity index (χ1n) is 31.4. The van der Waals surface area contributed by atoms with Crippen molar-refractivity contribution in [2.75, 3.05) is 39.6 Å². The Balaban J connectivity index is 1.80. The van der Waals surface area contributed by atoms with Crippen LogP contribution < -0.4 is 10.1 Å². The molecular weight excluding hydrogens is 2180 g/mol. The van der Waals surface area contributed by atoms with Gasteiger partial charge >= 0.3 is 166 Å². The van der Waals surface area contributed by atoms with E-state index >= 15 is 0 Å². The minimum absolute atomic E-state index is 0.303. The summed E-state index contributed by atoms with van der Waals surface area (Å²) in [5.41, 5.74) is 0. The van der Waals surface area contributed by atoms with E-state index in [1.165, 1.54) is 18.2 Å². The van der Waals surface area contributed by atoms with Gasteiger partial charge in [-0.2, -0.15) is 135 Å².